The van der Waals surface area contributed by atoms with E-state index in [1.807, 2.05) is 24.3 Å². The van der Waals surface area contributed by atoms with Crippen LogP contribution in [0.1, 0.15) is 21.8 Å². The first-order valence-electron chi connectivity index (χ1n) is 7.67. The van der Waals surface area contributed by atoms with E-state index in [0.29, 0.717) is 24.4 Å². The van der Waals surface area contributed by atoms with Gasteiger partial charge in [0, 0.05) is 49.5 Å². The molecule has 1 amide bonds. The molecule has 1 saturated heterocycles. The number of ether oxygens (including phenoxy) is 1. The number of carbonyl (C=O) groups excluding carboxylic acids is 1. The number of benzene rings is 1. The zero-order valence-electron chi connectivity index (χ0n) is 13.1. The maximum atomic E-state index is 12.7. The largest absolute Gasteiger partial charge is 0.497 e. The van der Waals surface area contributed by atoms with Gasteiger partial charge < -0.3 is 14.7 Å². The van der Waals surface area contributed by atoms with E-state index in [2.05, 4.69) is 4.98 Å². The third-order valence-electron chi connectivity index (χ3n) is 4.41. The molecule has 23 heavy (non-hydrogen) atoms. The fourth-order valence-corrected chi connectivity index (χ4v) is 3.15. The van der Waals surface area contributed by atoms with Crippen LogP contribution >= 0.6 is 0 Å². The molecule has 0 radical (unpaired) electrons. The molecule has 1 fully saturated rings. The molecule has 0 aliphatic carbocycles. The van der Waals surface area contributed by atoms with Crippen molar-refractivity contribution >= 4 is 5.91 Å². The second-order valence-corrected chi connectivity index (χ2v) is 5.77. The third kappa shape index (κ3) is 3.19. The van der Waals surface area contributed by atoms with Crippen molar-refractivity contribution in [1.82, 2.24) is 9.88 Å². The van der Waals surface area contributed by atoms with Crippen LogP contribution in [0.25, 0.3) is 0 Å². The van der Waals surface area contributed by atoms with E-state index in [1.54, 1.807) is 36.5 Å². The molecular formula is C18H20N2O3. The highest BCUT2D eigenvalue weighted by Gasteiger charge is 2.36. The summed E-state index contributed by atoms with van der Waals surface area (Å²) in [6.45, 7) is 1.22. The average Bonchev–Trinajstić information content (AvgIpc) is 3.06. The summed E-state index contributed by atoms with van der Waals surface area (Å²) in [6.07, 6.45) is 3.49. The van der Waals surface area contributed by atoms with Gasteiger partial charge in [0.15, 0.2) is 0 Å². The zero-order chi connectivity index (χ0) is 16.2. The van der Waals surface area contributed by atoms with E-state index in [-0.39, 0.29) is 24.3 Å². The fourth-order valence-electron chi connectivity index (χ4n) is 3.15. The summed E-state index contributed by atoms with van der Waals surface area (Å²) < 4.78 is 5.18. The summed E-state index contributed by atoms with van der Waals surface area (Å²) in [5.41, 5.74) is 1.72. The molecule has 1 N–H and O–H groups in total. The molecule has 2 heterocycles. The van der Waals surface area contributed by atoms with Crippen LogP contribution in [0.5, 0.6) is 5.75 Å². The number of carbonyl (C=O) groups is 1. The van der Waals surface area contributed by atoms with Gasteiger partial charge in [-0.3, -0.25) is 9.78 Å². The highest BCUT2D eigenvalue weighted by molar-refractivity contribution is 5.94. The number of hydrogen-bond acceptors (Lipinski definition) is 4. The number of hydrogen-bond donors (Lipinski definition) is 1. The minimum Gasteiger partial charge on any atom is -0.497 e. The van der Waals surface area contributed by atoms with Crippen LogP contribution in [-0.4, -0.2) is 47.7 Å². The van der Waals surface area contributed by atoms with E-state index in [0.717, 1.165) is 5.56 Å². The van der Waals surface area contributed by atoms with Gasteiger partial charge >= 0.3 is 0 Å². The van der Waals surface area contributed by atoms with Gasteiger partial charge in [-0.25, -0.2) is 0 Å². The molecular weight excluding hydrogens is 292 g/mol. The number of pyridine rings is 1. The SMILES string of the molecule is COc1cccc(C(=O)N2C[C@@H](CO)[C@H](c3ccncc3)C2)c1. The van der Waals surface area contributed by atoms with E-state index >= 15 is 0 Å². The van der Waals surface area contributed by atoms with Gasteiger partial charge in [0.2, 0.25) is 0 Å². The Balaban J connectivity index is 1.80. The molecule has 0 bridgehead atoms. The Bertz CT molecular complexity index is 675. The first-order chi connectivity index (χ1) is 11.2. The van der Waals surface area contributed by atoms with Gasteiger partial charge in [-0.1, -0.05) is 6.07 Å². The molecule has 5 heteroatoms. The smallest absolute Gasteiger partial charge is 0.254 e. The molecule has 1 aliphatic rings. The van der Waals surface area contributed by atoms with Crippen LogP contribution in [0.3, 0.4) is 0 Å². The van der Waals surface area contributed by atoms with E-state index in [9.17, 15) is 9.90 Å². The Kier molecular flexibility index (Phi) is 4.57. The summed E-state index contributed by atoms with van der Waals surface area (Å²) in [5, 5.41) is 9.68. The Hall–Kier alpha value is -2.40. The summed E-state index contributed by atoms with van der Waals surface area (Å²) in [5.74, 6) is 0.822. The maximum absolute atomic E-state index is 12.7. The van der Waals surface area contributed by atoms with Crippen LogP contribution in [0.2, 0.25) is 0 Å². The van der Waals surface area contributed by atoms with Crippen molar-refractivity contribution in [3.63, 3.8) is 0 Å². The van der Waals surface area contributed by atoms with Crippen molar-refractivity contribution in [3.8, 4) is 5.75 Å². The summed E-state index contributed by atoms with van der Waals surface area (Å²) >= 11 is 0. The highest BCUT2D eigenvalue weighted by atomic mass is 16.5. The van der Waals surface area contributed by atoms with E-state index in [4.69, 9.17) is 4.74 Å². The Morgan fingerprint density at radius 3 is 2.78 bits per heavy atom. The number of nitrogens with zero attached hydrogens (tertiary/aromatic N) is 2. The molecule has 0 spiro atoms. The molecule has 1 aliphatic heterocycles. The van der Waals surface area contributed by atoms with Crippen LogP contribution < -0.4 is 4.74 Å². The number of amides is 1. The predicted molar refractivity (Wildman–Crippen MR) is 86.5 cm³/mol. The Labute approximate surface area is 135 Å². The zero-order valence-corrected chi connectivity index (χ0v) is 13.1. The number of likely N-dealkylation sites (tertiary alicyclic amines) is 1. The number of aliphatic hydroxyl groups excluding tert-OH is 1. The molecule has 2 aromatic rings. The molecule has 2 atom stereocenters. The lowest BCUT2D eigenvalue weighted by Gasteiger charge is -2.17. The molecule has 3 rings (SSSR count). The van der Waals surface area contributed by atoms with Crippen molar-refractivity contribution in [2.45, 2.75) is 5.92 Å². The second-order valence-electron chi connectivity index (χ2n) is 5.77. The van der Waals surface area contributed by atoms with E-state index < -0.39 is 0 Å². The first-order valence-corrected chi connectivity index (χ1v) is 7.67. The lowest BCUT2D eigenvalue weighted by atomic mass is 9.90. The average molecular weight is 312 g/mol. The van der Waals surface area contributed by atoms with Crippen LogP contribution in [0, 0.1) is 5.92 Å². The van der Waals surface area contributed by atoms with Gasteiger partial charge in [-0.15, -0.1) is 0 Å². The maximum Gasteiger partial charge on any atom is 0.254 e. The first kappa shape index (κ1) is 15.5. The minimum atomic E-state index is -0.0288. The molecule has 120 valence electrons. The normalized spacial score (nSPS) is 20.5. The number of aliphatic hydroxyl groups is 1. The van der Waals surface area contributed by atoms with Crippen molar-refractivity contribution < 1.29 is 14.6 Å². The van der Waals surface area contributed by atoms with Gasteiger partial charge in [0.1, 0.15) is 5.75 Å². The molecule has 1 aromatic heterocycles. The van der Waals surface area contributed by atoms with Crippen molar-refractivity contribution in [1.29, 1.82) is 0 Å². The second kappa shape index (κ2) is 6.79. The fraction of sp³-hybridized carbons (Fsp3) is 0.333. The van der Waals surface area contributed by atoms with Gasteiger partial charge in [-0.2, -0.15) is 0 Å². The molecule has 1 aromatic carbocycles. The molecule has 0 unspecified atom stereocenters. The quantitative estimate of drug-likeness (QED) is 0.937. The monoisotopic (exact) mass is 312 g/mol. The van der Waals surface area contributed by atoms with Crippen molar-refractivity contribution in [3.05, 3.63) is 59.9 Å². The van der Waals surface area contributed by atoms with Gasteiger partial charge in [-0.05, 0) is 35.9 Å². The standard InChI is InChI=1S/C18H20N2O3/c1-23-16-4-2-3-14(9-16)18(22)20-10-15(12-21)17(11-20)13-5-7-19-8-6-13/h2-9,15,17,21H,10-12H2,1H3/t15-,17-/m0/s1. The summed E-state index contributed by atoms with van der Waals surface area (Å²) in [7, 11) is 1.58. The molecule has 0 saturated carbocycles. The number of aromatic nitrogens is 1. The Morgan fingerprint density at radius 2 is 2.09 bits per heavy atom. The topological polar surface area (TPSA) is 62.7 Å². The number of methoxy groups -OCH3 is 1. The minimum absolute atomic E-state index is 0.0288. The number of rotatable bonds is 4. The van der Waals surface area contributed by atoms with Crippen LogP contribution in [0.4, 0.5) is 0 Å². The van der Waals surface area contributed by atoms with E-state index in [1.165, 1.54) is 0 Å². The highest BCUT2D eigenvalue weighted by Crippen LogP contribution is 2.33. The van der Waals surface area contributed by atoms with Gasteiger partial charge in [0.05, 0.1) is 7.11 Å². The van der Waals surface area contributed by atoms with Crippen molar-refractivity contribution in [2.75, 3.05) is 26.8 Å². The van der Waals surface area contributed by atoms with Gasteiger partial charge in [0.25, 0.3) is 5.91 Å². The van der Waals surface area contributed by atoms with Crippen LogP contribution in [0.15, 0.2) is 48.8 Å². The van der Waals surface area contributed by atoms with Crippen molar-refractivity contribution in [2.24, 2.45) is 5.92 Å². The molecule has 5 nitrogen and oxygen atoms in total. The summed E-state index contributed by atoms with van der Waals surface area (Å²) in [4.78, 5) is 18.6. The lowest BCUT2D eigenvalue weighted by Crippen LogP contribution is -2.29. The third-order valence-corrected chi connectivity index (χ3v) is 4.41. The summed E-state index contributed by atoms with van der Waals surface area (Å²) in [6, 6.07) is 11.1. The van der Waals surface area contributed by atoms with Crippen LogP contribution in [-0.2, 0) is 0 Å². The lowest BCUT2D eigenvalue weighted by molar-refractivity contribution is 0.0781. The predicted octanol–water partition coefficient (Wildman–Crippen LogP) is 1.94. The Morgan fingerprint density at radius 1 is 1.30 bits per heavy atom.